The Balaban J connectivity index is 1.06. The number of nitrogens with one attached hydrogen (secondary N) is 1. The van der Waals surface area contributed by atoms with E-state index in [-0.39, 0.29) is 69.4 Å². The number of Topliss-reactive ketones (excluding diaryl/α,β-unsaturated/α-hetero) is 2. The number of benzene rings is 2. The zero-order valence-electron chi connectivity index (χ0n) is 38.7. The van der Waals surface area contributed by atoms with Gasteiger partial charge in [0.25, 0.3) is 0 Å². The number of phenolic OH excluding ortho intramolecular Hbond substituents is 1. The summed E-state index contributed by atoms with van der Waals surface area (Å²) in [5.41, 5.74) is 9.56. The van der Waals surface area contributed by atoms with E-state index in [0.717, 1.165) is 81.0 Å². The van der Waals surface area contributed by atoms with Crippen LogP contribution in [0.5, 0.6) is 5.75 Å². The first-order valence-electron chi connectivity index (χ1n) is 24.6. The monoisotopic (exact) mass is 849 g/mol. The van der Waals surface area contributed by atoms with Crippen LogP contribution in [0.25, 0.3) is 0 Å². The molecule has 9 rings (SSSR count). The van der Waals surface area contributed by atoms with E-state index >= 15 is 4.79 Å². The Morgan fingerprint density at radius 3 is 2.31 bits per heavy atom. The number of carbonyl (C=O) groups is 2. The number of hydrogen-bond acceptors (Lipinski definition) is 8. The van der Waals surface area contributed by atoms with Crippen LogP contribution in [0, 0.1) is 51.2 Å². The lowest BCUT2D eigenvalue weighted by Crippen LogP contribution is -2.69. The minimum atomic E-state index is -0.664. The molecular weight excluding hydrogens is 773 g/mol. The van der Waals surface area contributed by atoms with Crippen LogP contribution in [0.2, 0.25) is 0 Å². The molecule has 2 aromatic rings. The first-order chi connectivity index (χ1) is 29.3. The highest BCUT2D eigenvalue weighted by Gasteiger charge is 2.71. The summed E-state index contributed by atoms with van der Waals surface area (Å²) in [7, 11) is 0. The third kappa shape index (κ3) is 6.97. The van der Waals surface area contributed by atoms with Gasteiger partial charge in [0.2, 0.25) is 0 Å². The predicted octanol–water partition coefficient (Wildman–Crippen LogP) is 9.80. The molecule has 6 aliphatic carbocycles. The molecule has 0 radical (unpaired) electrons. The van der Waals surface area contributed by atoms with Gasteiger partial charge >= 0.3 is 0 Å². The van der Waals surface area contributed by atoms with Crippen molar-refractivity contribution in [3.05, 3.63) is 70.8 Å². The fourth-order valence-electron chi connectivity index (χ4n) is 16.6. The number of epoxide rings is 1. The number of phenols is 1. The summed E-state index contributed by atoms with van der Waals surface area (Å²) in [6.07, 6.45) is 11.9. The van der Waals surface area contributed by atoms with Gasteiger partial charge in [-0.1, -0.05) is 90.1 Å². The number of aromatic hydroxyl groups is 1. The molecule has 8 heteroatoms. The van der Waals surface area contributed by atoms with Crippen molar-refractivity contribution in [2.24, 2.45) is 51.2 Å². The van der Waals surface area contributed by atoms with E-state index in [0.29, 0.717) is 43.6 Å². The van der Waals surface area contributed by atoms with Crippen LogP contribution in [-0.4, -0.2) is 63.4 Å². The average molecular weight is 849 g/mol. The Kier molecular flexibility index (Phi) is 11.3. The second kappa shape index (κ2) is 15.8. The molecule has 14 atom stereocenters. The third-order valence-electron chi connectivity index (χ3n) is 19.3. The molecule has 0 bridgehead atoms. The van der Waals surface area contributed by atoms with Crippen molar-refractivity contribution in [1.82, 2.24) is 5.32 Å². The van der Waals surface area contributed by atoms with Gasteiger partial charge in [-0.3, -0.25) is 9.59 Å². The zero-order chi connectivity index (χ0) is 44.1. The van der Waals surface area contributed by atoms with Crippen molar-refractivity contribution in [2.75, 3.05) is 12.3 Å². The van der Waals surface area contributed by atoms with E-state index in [4.69, 9.17) is 10.5 Å². The van der Waals surface area contributed by atoms with Crippen LogP contribution >= 0.6 is 0 Å². The van der Waals surface area contributed by atoms with E-state index in [1.165, 1.54) is 17.6 Å². The number of ether oxygens (including phenoxy) is 1. The highest BCUT2D eigenvalue weighted by molar-refractivity contribution is 6.01. The average Bonchev–Trinajstić information content (AvgIpc) is 3.52. The molecule has 6 fully saturated rings. The summed E-state index contributed by atoms with van der Waals surface area (Å²) in [5.74, 6) is 1.62. The number of nitrogens with two attached hydrogens (primary N) is 1. The number of carbonyl (C=O) groups excluding carboxylic acids is 2. The topological polar surface area (TPSA) is 145 Å². The van der Waals surface area contributed by atoms with Gasteiger partial charge in [-0.15, -0.1) is 0 Å². The summed E-state index contributed by atoms with van der Waals surface area (Å²) < 4.78 is 6.66. The number of fused-ring (bicyclic) bond motifs is 5. The van der Waals surface area contributed by atoms with Crippen molar-refractivity contribution >= 4 is 17.3 Å². The highest BCUT2D eigenvalue weighted by atomic mass is 16.6. The highest BCUT2D eigenvalue weighted by Crippen LogP contribution is 2.75. The quantitative estimate of drug-likeness (QED) is 0.111. The fourth-order valence-corrected chi connectivity index (χ4v) is 16.6. The fraction of sp³-hybridized carbons (Fsp3) is 0.704. The zero-order valence-corrected chi connectivity index (χ0v) is 38.7. The number of hydrogen-bond donors (Lipinski definition) is 5. The van der Waals surface area contributed by atoms with Crippen LogP contribution in [0.3, 0.4) is 0 Å². The number of rotatable bonds is 11. The lowest BCUT2D eigenvalue weighted by Gasteiger charge is -2.70. The number of anilines is 1. The Labute approximate surface area is 371 Å². The van der Waals surface area contributed by atoms with Gasteiger partial charge in [0.1, 0.15) is 17.6 Å². The maximum absolute atomic E-state index is 15.2. The van der Waals surface area contributed by atoms with Crippen LogP contribution < -0.4 is 11.1 Å². The molecule has 5 saturated carbocycles. The summed E-state index contributed by atoms with van der Waals surface area (Å²) in [4.78, 5) is 29.9. The largest absolute Gasteiger partial charge is 0.508 e. The minimum Gasteiger partial charge on any atom is -0.508 e. The maximum Gasteiger partial charge on any atom is 0.160 e. The smallest absolute Gasteiger partial charge is 0.160 e. The molecule has 0 aromatic heterocycles. The van der Waals surface area contributed by atoms with Gasteiger partial charge in [0, 0.05) is 41.4 Å². The molecule has 0 spiro atoms. The molecule has 14 unspecified atom stereocenters. The number of nitrogen functional groups attached to an aromatic ring is 1. The van der Waals surface area contributed by atoms with Gasteiger partial charge in [0.15, 0.2) is 5.78 Å². The summed E-state index contributed by atoms with van der Waals surface area (Å²) in [6.45, 7) is 16.0. The van der Waals surface area contributed by atoms with Gasteiger partial charge in [-0.2, -0.15) is 0 Å². The second-order valence-electron chi connectivity index (χ2n) is 23.2. The first kappa shape index (κ1) is 44.2. The standard InChI is InChI=1S/C54H76N2O6/c1-31(57)30-56-42-28-53(6)45(51(4)27-39(34-17-12-19-36(58)25-34)48(61)50(2,3)47(42)51)23-22-41-46(44(60)29-52(41,53)5)38(32-14-9-8-10-15-32)26-43(59)49-54(7,62-49)40-21-13-20-37(40)33-16-11-18-35(55)24-33/h11-12,16-19,24-25,31-32,37-40,42-43,45,47,49,56-59H,8-10,13-15,20-23,26-30,55H2,1-7H3. The molecule has 1 heterocycles. The SMILES string of the molecule is CC(O)CNC1CC2(C)C(CCC3=C(C(CC(O)C4OC4(C)C4CCCC4c4cccc(N)c4)C4CCCCC4)C(=O)CC32C)C2(C)CC(c3cccc(O)c3)C(=O)C(C)(C)C12. The lowest BCUT2D eigenvalue weighted by molar-refractivity contribution is -0.193. The Hall–Kier alpha value is -3.04. The maximum atomic E-state index is 15.2. The molecule has 7 aliphatic rings. The minimum absolute atomic E-state index is 0.00557. The molecular formula is C54H76N2O6. The Bertz CT molecular complexity index is 2090. The van der Waals surface area contributed by atoms with Crippen molar-refractivity contribution in [2.45, 2.75) is 180 Å². The number of aliphatic hydroxyl groups is 2. The molecule has 8 nitrogen and oxygen atoms in total. The number of ketones is 2. The molecule has 6 N–H and O–H groups in total. The Morgan fingerprint density at radius 1 is 0.871 bits per heavy atom. The Morgan fingerprint density at radius 2 is 1.60 bits per heavy atom. The number of allylic oxidation sites excluding steroid dienone is 2. The summed E-state index contributed by atoms with van der Waals surface area (Å²) in [6, 6.07) is 15.6. The van der Waals surface area contributed by atoms with E-state index in [1.807, 2.05) is 25.1 Å². The van der Waals surface area contributed by atoms with E-state index in [9.17, 15) is 20.1 Å². The third-order valence-corrected chi connectivity index (χ3v) is 19.3. The van der Waals surface area contributed by atoms with E-state index in [2.05, 4.69) is 65.1 Å². The van der Waals surface area contributed by atoms with Crippen molar-refractivity contribution in [3.63, 3.8) is 0 Å². The summed E-state index contributed by atoms with van der Waals surface area (Å²) in [5, 5.41) is 37.5. The molecule has 2 aromatic carbocycles. The van der Waals surface area contributed by atoms with E-state index in [1.54, 1.807) is 12.1 Å². The second-order valence-corrected chi connectivity index (χ2v) is 23.2. The van der Waals surface area contributed by atoms with Crippen LogP contribution in [0.4, 0.5) is 5.69 Å². The molecule has 0 amide bonds. The van der Waals surface area contributed by atoms with Gasteiger partial charge in [0.05, 0.1) is 17.8 Å². The van der Waals surface area contributed by atoms with Gasteiger partial charge in [-0.25, -0.2) is 0 Å². The molecule has 1 aliphatic heterocycles. The van der Waals surface area contributed by atoms with Crippen molar-refractivity contribution < 1.29 is 29.6 Å². The normalized spacial score (nSPS) is 40.7. The van der Waals surface area contributed by atoms with Crippen molar-refractivity contribution in [1.29, 1.82) is 0 Å². The van der Waals surface area contributed by atoms with Gasteiger partial charge in [-0.05, 0) is 159 Å². The van der Waals surface area contributed by atoms with Crippen LogP contribution in [-0.2, 0) is 14.3 Å². The molecule has 338 valence electrons. The lowest BCUT2D eigenvalue weighted by atomic mass is 9.34. The van der Waals surface area contributed by atoms with Crippen LogP contribution in [0.1, 0.15) is 161 Å². The van der Waals surface area contributed by atoms with E-state index < -0.39 is 23.2 Å². The number of aliphatic hydroxyl groups excluding tert-OH is 2. The molecule has 62 heavy (non-hydrogen) atoms. The van der Waals surface area contributed by atoms with Crippen molar-refractivity contribution in [3.8, 4) is 5.75 Å². The van der Waals surface area contributed by atoms with Gasteiger partial charge < -0.3 is 31.1 Å². The predicted molar refractivity (Wildman–Crippen MR) is 244 cm³/mol. The van der Waals surface area contributed by atoms with Crippen LogP contribution in [0.15, 0.2) is 59.7 Å². The summed E-state index contributed by atoms with van der Waals surface area (Å²) >= 11 is 0. The first-order valence-corrected chi connectivity index (χ1v) is 24.6. The molecule has 1 saturated heterocycles.